The highest BCUT2D eigenvalue weighted by atomic mass is 35.5. The van der Waals surface area contributed by atoms with Gasteiger partial charge in [-0.2, -0.15) is 0 Å². The van der Waals surface area contributed by atoms with Crippen molar-refractivity contribution < 1.29 is 19.1 Å². The van der Waals surface area contributed by atoms with Gasteiger partial charge in [-0.15, -0.1) is 0 Å². The highest BCUT2D eigenvalue weighted by molar-refractivity contribution is 6.30. The van der Waals surface area contributed by atoms with Crippen LogP contribution in [0.15, 0.2) is 18.2 Å². The summed E-state index contributed by atoms with van der Waals surface area (Å²) in [6.07, 6.45) is 1.33. The molecule has 1 N–H and O–H groups in total. The minimum Gasteiger partial charge on any atom is -0.492 e. The van der Waals surface area contributed by atoms with E-state index in [1.807, 2.05) is 13.8 Å². The molecule has 2 atom stereocenters. The van der Waals surface area contributed by atoms with E-state index in [4.69, 9.17) is 21.1 Å². The van der Waals surface area contributed by atoms with Gasteiger partial charge >= 0.3 is 5.97 Å². The summed E-state index contributed by atoms with van der Waals surface area (Å²) < 4.78 is 10.6. The number of halogens is 1. The number of benzene rings is 1. The first kappa shape index (κ1) is 16.6. The van der Waals surface area contributed by atoms with E-state index in [1.54, 1.807) is 18.2 Å². The molecule has 1 heterocycles. The third-order valence-electron chi connectivity index (χ3n) is 3.63. The Morgan fingerprint density at radius 3 is 3.00 bits per heavy atom. The molecule has 1 aromatic carbocycles. The van der Waals surface area contributed by atoms with Gasteiger partial charge in [0.1, 0.15) is 12.4 Å². The largest absolute Gasteiger partial charge is 0.492 e. The molecule has 1 aliphatic heterocycles. The molecule has 6 heteroatoms. The fourth-order valence-electron chi connectivity index (χ4n) is 2.19. The van der Waals surface area contributed by atoms with Crippen molar-refractivity contribution in [1.29, 1.82) is 0 Å². The Balaban J connectivity index is 1.85. The van der Waals surface area contributed by atoms with E-state index in [1.165, 1.54) is 0 Å². The number of carbonyl (C=O) groups excluding carboxylic acids is 2. The topological polar surface area (TPSA) is 64.6 Å². The Morgan fingerprint density at radius 2 is 2.27 bits per heavy atom. The van der Waals surface area contributed by atoms with Crippen molar-refractivity contribution in [2.75, 3.05) is 13.2 Å². The van der Waals surface area contributed by atoms with E-state index in [0.717, 1.165) is 17.7 Å². The molecule has 0 unspecified atom stereocenters. The lowest BCUT2D eigenvalue weighted by Gasteiger charge is -2.24. The van der Waals surface area contributed by atoms with Crippen LogP contribution in [0.3, 0.4) is 0 Å². The van der Waals surface area contributed by atoms with Crippen molar-refractivity contribution in [2.45, 2.75) is 32.7 Å². The molecule has 0 radical (unpaired) electrons. The maximum Gasteiger partial charge on any atom is 0.313 e. The van der Waals surface area contributed by atoms with Crippen LogP contribution in [-0.4, -0.2) is 31.1 Å². The molecule has 0 spiro atoms. The molecule has 0 saturated heterocycles. The first-order valence-electron chi connectivity index (χ1n) is 7.36. The van der Waals surface area contributed by atoms with Gasteiger partial charge in [0.15, 0.2) is 6.61 Å². The molecule has 0 aromatic heterocycles. The van der Waals surface area contributed by atoms with E-state index < -0.39 is 11.9 Å². The van der Waals surface area contributed by atoms with E-state index >= 15 is 0 Å². The number of nitrogens with one attached hydrogen (secondary N) is 1. The highest BCUT2D eigenvalue weighted by Crippen LogP contribution is 2.30. The third kappa shape index (κ3) is 4.37. The van der Waals surface area contributed by atoms with E-state index in [0.29, 0.717) is 11.4 Å². The predicted molar refractivity (Wildman–Crippen MR) is 83.0 cm³/mol. The number of fused-ring (bicyclic) bond motifs is 1. The van der Waals surface area contributed by atoms with Crippen LogP contribution < -0.4 is 10.1 Å². The molecule has 22 heavy (non-hydrogen) atoms. The SMILES string of the molecule is CC[C@@H](C)NC(=O)COC(=O)[C@H]1COc2ccc(Cl)cc2C1. The minimum atomic E-state index is -0.426. The van der Waals surface area contributed by atoms with Crippen LogP contribution in [0.5, 0.6) is 5.75 Å². The number of hydrogen-bond donors (Lipinski definition) is 1. The standard InChI is InChI=1S/C16H20ClNO4/c1-3-10(2)18-15(19)9-22-16(20)12-6-11-7-13(17)4-5-14(11)21-8-12/h4-5,7,10,12H,3,6,8-9H2,1-2H3,(H,18,19)/t10-,12-/m1/s1. The summed E-state index contributed by atoms with van der Waals surface area (Å²) in [6, 6.07) is 5.39. The summed E-state index contributed by atoms with van der Waals surface area (Å²) in [5.41, 5.74) is 0.879. The maximum absolute atomic E-state index is 12.0. The molecule has 0 aliphatic carbocycles. The van der Waals surface area contributed by atoms with Gasteiger partial charge in [-0.3, -0.25) is 9.59 Å². The summed E-state index contributed by atoms with van der Waals surface area (Å²) in [5, 5.41) is 3.35. The Morgan fingerprint density at radius 1 is 1.50 bits per heavy atom. The number of hydrogen-bond acceptors (Lipinski definition) is 4. The molecule has 1 amide bonds. The van der Waals surface area contributed by atoms with Crippen LogP contribution >= 0.6 is 11.6 Å². The lowest BCUT2D eigenvalue weighted by Crippen LogP contribution is -2.37. The number of ether oxygens (including phenoxy) is 2. The van der Waals surface area contributed by atoms with E-state index in [2.05, 4.69) is 5.32 Å². The summed E-state index contributed by atoms with van der Waals surface area (Å²) in [5.74, 6) is -0.391. The molecule has 1 aliphatic rings. The van der Waals surface area contributed by atoms with Crippen molar-refractivity contribution in [3.05, 3.63) is 28.8 Å². The van der Waals surface area contributed by atoms with Crippen LogP contribution in [0.1, 0.15) is 25.8 Å². The zero-order valence-corrected chi connectivity index (χ0v) is 13.5. The first-order chi connectivity index (χ1) is 10.5. The third-order valence-corrected chi connectivity index (χ3v) is 3.86. The summed E-state index contributed by atoms with van der Waals surface area (Å²) in [7, 11) is 0. The zero-order chi connectivity index (χ0) is 16.1. The van der Waals surface area contributed by atoms with Gasteiger partial charge in [0.2, 0.25) is 0 Å². The quantitative estimate of drug-likeness (QED) is 0.844. The first-order valence-corrected chi connectivity index (χ1v) is 7.74. The summed E-state index contributed by atoms with van der Waals surface area (Å²) in [4.78, 5) is 23.6. The molecule has 0 fully saturated rings. The fourth-order valence-corrected chi connectivity index (χ4v) is 2.38. The van der Waals surface area contributed by atoms with Crippen LogP contribution in [0, 0.1) is 5.92 Å². The predicted octanol–water partition coefficient (Wildman–Crippen LogP) is 2.35. The second-order valence-corrected chi connectivity index (χ2v) is 5.89. The molecule has 0 bridgehead atoms. The van der Waals surface area contributed by atoms with Crippen LogP contribution in [0.2, 0.25) is 5.02 Å². The molecule has 5 nitrogen and oxygen atoms in total. The number of rotatable bonds is 5. The molecule has 0 saturated carbocycles. The van der Waals surface area contributed by atoms with Gasteiger partial charge in [-0.05, 0) is 43.5 Å². The highest BCUT2D eigenvalue weighted by Gasteiger charge is 2.28. The monoisotopic (exact) mass is 325 g/mol. The van der Waals surface area contributed by atoms with Crippen molar-refractivity contribution >= 4 is 23.5 Å². The Kier molecular flexibility index (Phi) is 5.66. The minimum absolute atomic E-state index is 0.0678. The Hall–Kier alpha value is -1.75. The van der Waals surface area contributed by atoms with Crippen LogP contribution in [-0.2, 0) is 20.7 Å². The molecular formula is C16H20ClNO4. The second-order valence-electron chi connectivity index (χ2n) is 5.45. The van der Waals surface area contributed by atoms with Gasteiger partial charge in [-0.25, -0.2) is 0 Å². The van der Waals surface area contributed by atoms with Crippen molar-refractivity contribution in [2.24, 2.45) is 5.92 Å². The molecule has 120 valence electrons. The fraction of sp³-hybridized carbons (Fsp3) is 0.500. The van der Waals surface area contributed by atoms with E-state index in [-0.39, 0.29) is 25.2 Å². The smallest absolute Gasteiger partial charge is 0.313 e. The Bertz CT molecular complexity index is 561. The van der Waals surface area contributed by atoms with Crippen molar-refractivity contribution in [3.63, 3.8) is 0 Å². The van der Waals surface area contributed by atoms with Gasteiger partial charge in [0.25, 0.3) is 5.91 Å². The average Bonchev–Trinajstić information content (AvgIpc) is 2.51. The average molecular weight is 326 g/mol. The van der Waals surface area contributed by atoms with Crippen molar-refractivity contribution in [1.82, 2.24) is 5.32 Å². The van der Waals surface area contributed by atoms with Crippen LogP contribution in [0.25, 0.3) is 0 Å². The Labute approximate surface area is 134 Å². The number of amides is 1. The summed E-state index contributed by atoms with van der Waals surface area (Å²) >= 11 is 5.94. The molecule has 1 aromatic rings. The van der Waals surface area contributed by atoms with Gasteiger partial charge in [-0.1, -0.05) is 18.5 Å². The van der Waals surface area contributed by atoms with Crippen molar-refractivity contribution in [3.8, 4) is 5.75 Å². The number of carbonyl (C=O) groups is 2. The van der Waals surface area contributed by atoms with Crippen LogP contribution in [0.4, 0.5) is 0 Å². The second kappa shape index (κ2) is 7.49. The van der Waals surface area contributed by atoms with E-state index in [9.17, 15) is 9.59 Å². The normalized spacial score (nSPS) is 17.9. The maximum atomic E-state index is 12.0. The number of esters is 1. The lowest BCUT2D eigenvalue weighted by atomic mass is 9.97. The zero-order valence-electron chi connectivity index (χ0n) is 12.7. The lowest BCUT2D eigenvalue weighted by molar-refractivity contribution is -0.154. The van der Waals surface area contributed by atoms with Gasteiger partial charge in [0, 0.05) is 11.1 Å². The summed E-state index contributed by atoms with van der Waals surface area (Å²) in [6.45, 7) is 3.86. The van der Waals surface area contributed by atoms with Gasteiger partial charge < -0.3 is 14.8 Å². The van der Waals surface area contributed by atoms with Gasteiger partial charge in [0.05, 0.1) is 5.92 Å². The molecular weight excluding hydrogens is 306 g/mol. The molecule has 2 rings (SSSR count).